The molecule has 0 saturated carbocycles. The first-order valence-corrected chi connectivity index (χ1v) is 5.17. The number of rotatable bonds is 5. The number of ether oxygens (including phenoxy) is 1. The summed E-state index contributed by atoms with van der Waals surface area (Å²) in [7, 11) is 1.44. The molecular formula is C11H14N2O5. The van der Waals surface area contributed by atoms with Crippen LogP contribution in [0, 0.1) is 0 Å². The Bertz CT molecular complexity index is 430. The Morgan fingerprint density at radius 1 is 1.44 bits per heavy atom. The summed E-state index contributed by atoms with van der Waals surface area (Å²) in [4.78, 5) is 26.3. The number of hydrogen-bond donors (Lipinski definition) is 3. The maximum atomic E-state index is 11.7. The van der Waals surface area contributed by atoms with Gasteiger partial charge in [-0.1, -0.05) is 0 Å². The number of hydrogen-bond acceptors (Lipinski definition) is 5. The zero-order chi connectivity index (χ0) is 13.7. The number of aliphatic carboxylic acids is 1. The van der Waals surface area contributed by atoms with Gasteiger partial charge in [0.05, 0.1) is 18.8 Å². The first-order valence-electron chi connectivity index (χ1n) is 5.17. The normalized spacial score (nSPS) is 13.5. The van der Waals surface area contributed by atoms with Gasteiger partial charge in [-0.3, -0.25) is 4.79 Å². The highest BCUT2D eigenvalue weighted by molar-refractivity contribution is 5.96. The molecule has 2 unspecified atom stereocenters. The first-order chi connectivity index (χ1) is 8.45. The SMILES string of the molecule is COc1ccc(C(=O)NC(C(=O)O)C(C)O)cn1. The molecule has 1 amide bonds. The van der Waals surface area contributed by atoms with Gasteiger partial charge in [0.15, 0.2) is 6.04 Å². The number of methoxy groups -OCH3 is 1. The molecule has 1 heterocycles. The van der Waals surface area contributed by atoms with E-state index in [-0.39, 0.29) is 5.56 Å². The molecule has 0 aliphatic carbocycles. The van der Waals surface area contributed by atoms with Crippen molar-refractivity contribution in [2.75, 3.05) is 7.11 Å². The monoisotopic (exact) mass is 254 g/mol. The highest BCUT2D eigenvalue weighted by atomic mass is 16.5. The van der Waals surface area contributed by atoms with Crippen LogP contribution in [0.1, 0.15) is 17.3 Å². The number of carboxylic acid groups (broad SMARTS) is 1. The molecule has 3 N–H and O–H groups in total. The van der Waals surface area contributed by atoms with Crippen molar-refractivity contribution in [2.24, 2.45) is 0 Å². The predicted octanol–water partition coefficient (Wildman–Crippen LogP) is -0.346. The molecule has 2 atom stereocenters. The molecule has 1 aromatic rings. The van der Waals surface area contributed by atoms with E-state index in [2.05, 4.69) is 10.3 Å². The van der Waals surface area contributed by atoms with E-state index in [9.17, 15) is 14.7 Å². The Balaban J connectivity index is 2.77. The minimum Gasteiger partial charge on any atom is -0.481 e. The smallest absolute Gasteiger partial charge is 0.328 e. The van der Waals surface area contributed by atoms with Gasteiger partial charge in [-0.25, -0.2) is 9.78 Å². The van der Waals surface area contributed by atoms with Crippen LogP contribution in [0.4, 0.5) is 0 Å². The quantitative estimate of drug-likeness (QED) is 0.663. The number of amides is 1. The fourth-order valence-electron chi connectivity index (χ4n) is 1.25. The summed E-state index contributed by atoms with van der Waals surface area (Å²) in [5.74, 6) is -1.59. The van der Waals surface area contributed by atoms with Crippen LogP contribution >= 0.6 is 0 Å². The molecule has 1 rings (SSSR count). The van der Waals surface area contributed by atoms with Gasteiger partial charge in [0.1, 0.15) is 0 Å². The van der Waals surface area contributed by atoms with E-state index >= 15 is 0 Å². The summed E-state index contributed by atoms with van der Waals surface area (Å²) in [6, 6.07) is 1.56. The lowest BCUT2D eigenvalue weighted by atomic mass is 10.1. The van der Waals surface area contributed by atoms with Crippen molar-refractivity contribution in [3.8, 4) is 5.88 Å². The Kier molecular flexibility index (Phi) is 4.61. The molecule has 98 valence electrons. The van der Waals surface area contributed by atoms with Crippen LogP contribution in [0.15, 0.2) is 18.3 Å². The Hall–Kier alpha value is -2.15. The Labute approximate surface area is 103 Å². The molecule has 7 nitrogen and oxygen atoms in total. The third kappa shape index (κ3) is 3.42. The van der Waals surface area contributed by atoms with Crippen molar-refractivity contribution in [2.45, 2.75) is 19.1 Å². The number of pyridine rings is 1. The second-order valence-corrected chi connectivity index (χ2v) is 3.62. The number of aliphatic hydroxyl groups is 1. The van der Waals surface area contributed by atoms with Crippen LogP contribution in [0.25, 0.3) is 0 Å². The zero-order valence-corrected chi connectivity index (χ0v) is 9.95. The third-order valence-corrected chi connectivity index (χ3v) is 2.24. The molecule has 0 fully saturated rings. The van der Waals surface area contributed by atoms with Gasteiger partial charge >= 0.3 is 5.97 Å². The summed E-state index contributed by atoms with van der Waals surface area (Å²) in [6.07, 6.45) is 0.0624. The molecule has 0 radical (unpaired) electrons. The van der Waals surface area contributed by atoms with Gasteiger partial charge in [0.25, 0.3) is 5.91 Å². The molecule has 0 aliphatic heterocycles. The molecule has 7 heteroatoms. The molecule has 0 saturated heterocycles. The summed E-state index contributed by atoms with van der Waals surface area (Å²) in [5, 5.41) is 20.2. The number of nitrogens with one attached hydrogen (secondary N) is 1. The van der Waals surface area contributed by atoms with Crippen molar-refractivity contribution in [3.63, 3.8) is 0 Å². The third-order valence-electron chi connectivity index (χ3n) is 2.24. The van der Waals surface area contributed by atoms with Gasteiger partial charge in [0.2, 0.25) is 5.88 Å². The molecule has 1 aromatic heterocycles. The van der Waals surface area contributed by atoms with Crippen LogP contribution in [0.5, 0.6) is 5.88 Å². The van der Waals surface area contributed by atoms with Crippen molar-refractivity contribution in [1.29, 1.82) is 0 Å². The standard InChI is InChI=1S/C11H14N2O5/c1-6(14)9(11(16)17)13-10(15)7-3-4-8(18-2)12-5-7/h3-6,9,14H,1-2H3,(H,13,15)(H,16,17). The zero-order valence-electron chi connectivity index (χ0n) is 9.95. The maximum Gasteiger partial charge on any atom is 0.328 e. The minimum absolute atomic E-state index is 0.183. The Morgan fingerprint density at radius 2 is 2.11 bits per heavy atom. The predicted molar refractivity (Wildman–Crippen MR) is 61.4 cm³/mol. The van der Waals surface area contributed by atoms with Crippen molar-refractivity contribution >= 4 is 11.9 Å². The van der Waals surface area contributed by atoms with E-state index in [0.717, 1.165) is 0 Å². The molecule has 0 aromatic carbocycles. The molecular weight excluding hydrogens is 240 g/mol. The number of carbonyl (C=O) groups is 2. The van der Waals surface area contributed by atoms with Crippen molar-refractivity contribution < 1.29 is 24.5 Å². The summed E-state index contributed by atoms with van der Waals surface area (Å²) in [6.45, 7) is 1.28. The highest BCUT2D eigenvalue weighted by Crippen LogP contribution is 2.07. The summed E-state index contributed by atoms with van der Waals surface area (Å²) >= 11 is 0. The van der Waals surface area contributed by atoms with Gasteiger partial charge in [0, 0.05) is 12.3 Å². The largest absolute Gasteiger partial charge is 0.481 e. The summed E-state index contributed by atoms with van der Waals surface area (Å²) in [5.41, 5.74) is 0.183. The summed E-state index contributed by atoms with van der Waals surface area (Å²) < 4.78 is 4.83. The number of carbonyl (C=O) groups excluding carboxylic acids is 1. The average Bonchev–Trinajstić information content (AvgIpc) is 2.35. The second kappa shape index (κ2) is 5.97. The number of carboxylic acids is 1. The van der Waals surface area contributed by atoms with Gasteiger partial charge in [-0.2, -0.15) is 0 Å². The van der Waals surface area contributed by atoms with Gasteiger partial charge < -0.3 is 20.3 Å². The second-order valence-electron chi connectivity index (χ2n) is 3.62. The van der Waals surface area contributed by atoms with Gasteiger partial charge in [-0.15, -0.1) is 0 Å². The average molecular weight is 254 g/mol. The van der Waals surface area contributed by atoms with Crippen molar-refractivity contribution in [3.05, 3.63) is 23.9 Å². The van der Waals surface area contributed by atoms with Crippen LogP contribution in [0.3, 0.4) is 0 Å². The molecule has 0 spiro atoms. The topological polar surface area (TPSA) is 109 Å². The van der Waals surface area contributed by atoms with Crippen LogP contribution in [0.2, 0.25) is 0 Å². The number of aromatic nitrogens is 1. The van der Waals surface area contributed by atoms with Crippen LogP contribution in [-0.2, 0) is 4.79 Å². The number of nitrogens with zero attached hydrogens (tertiary/aromatic N) is 1. The highest BCUT2D eigenvalue weighted by Gasteiger charge is 2.25. The van der Waals surface area contributed by atoms with E-state index in [4.69, 9.17) is 9.84 Å². The van der Waals surface area contributed by atoms with Crippen LogP contribution < -0.4 is 10.1 Å². The number of aliphatic hydroxyl groups excluding tert-OH is 1. The van der Waals surface area contributed by atoms with E-state index in [0.29, 0.717) is 5.88 Å². The van der Waals surface area contributed by atoms with Gasteiger partial charge in [-0.05, 0) is 13.0 Å². The lowest BCUT2D eigenvalue weighted by Gasteiger charge is -2.16. The first kappa shape index (κ1) is 13.9. The minimum atomic E-state index is -1.36. The lowest BCUT2D eigenvalue weighted by Crippen LogP contribution is -2.47. The van der Waals surface area contributed by atoms with Crippen LogP contribution in [-0.4, -0.2) is 46.3 Å². The fourth-order valence-corrected chi connectivity index (χ4v) is 1.25. The molecule has 0 bridgehead atoms. The van der Waals surface area contributed by atoms with E-state index < -0.39 is 24.0 Å². The van der Waals surface area contributed by atoms with E-state index in [1.165, 1.54) is 32.4 Å². The van der Waals surface area contributed by atoms with E-state index in [1.54, 1.807) is 0 Å². The lowest BCUT2D eigenvalue weighted by molar-refractivity contribution is -0.141. The molecule has 0 aliphatic rings. The van der Waals surface area contributed by atoms with E-state index in [1.807, 2.05) is 0 Å². The Morgan fingerprint density at radius 3 is 2.50 bits per heavy atom. The molecule has 18 heavy (non-hydrogen) atoms. The maximum absolute atomic E-state index is 11.7. The van der Waals surface area contributed by atoms with Crippen molar-refractivity contribution in [1.82, 2.24) is 10.3 Å². The fraction of sp³-hybridized carbons (Fsp3) is 0.364.